The summed E-state index contributed by atoms with van der Waals surface area (Å²) in [4.78, 5) is 10.4. The number of nitrogens with one attached hydrogen (secondary N) is 2. The van der Waals surface area contributed by atoms with Crippen LogP contribution in [0.1, 0.15) is 40.9 Å². The fourth-order valence-electron chi connectivity index (χ4n) is 2.57. The first-order chi connectivity index (χ1) is 13.2. The van der Waals surface area contributed by atoms with E-state index in [0.29, 0.717) is 6.54 Å². The number of thiazole rings is 1. The second-order valence-corrected chi connectivity index (χ2v) is 7.71. The summed E-state index contributed by atoms with van der Waals surface area (Å²) in [6.45, 7) is 10.2. The van der Waals surface area contributed by atoms with Crippen molar-refractivity contribution in [2.75, 3.05) is 26.3 Å². The molecule has 0 aliphatic heterocycles. The third kappa shape index (κ3) is 9.84. The third-order valence-electron chi connectivity index (χ3n) is 4.18. The van der Waals surface area contributed by atoms with Gasteiger partial charge in [0.15, 0.2) is 5.96 Å². The molecule has 0 bridgehead atoms. The Morgan fingerprint density at radius 2 is 1.89 bits per heavy atom. The smallest absolute Gasteiger partial charge is 0.191 e. The van der Waals surface area contributed by atoms with Crippen LogP contribution in [0.3, 0.4) is 0 Å². The average Bonchev–Trinajstić information content (AvgIpc) is 3.00. The minimum atomic E-state index is 0. The molecule has 2 N–H and O–H groups in total. The molecule has 1 aromatic heterocycles. The summed E-state index contributed by atoms with van der Waals surface area (Å²) in [5.41, 5.74) is 2.44. The van der Waals surface area contributed by atoms with Crippen molar-refractivity contribution in [3.63, 3.8) is 0 Å². The van der Waals surface area contributed by atoms with Crippen LogP contribution in [0, 0.1) is 13.8 Å². The number of ether oxygens (including phenoxy) is 1. The van der Waals surface area contributed by atoms with Gasteiger partial charge in [-0.15, -0.1) is 35.3 Å². The molecule has 0 aliphatic carbocycles. The molecule has 5 nitrogen and oxygen atoms in total. The van der Waals surface area contributed by atoms with E-state index in [4.69, 9.17) is 4.74 Å². The molecule has 0 atom stereocenters. The highest BCUT2D eigenvalue weighted by atomic mass is 127. The second-order valence-electron chi connectivity index (χ2n) is 6.43. The van der Waals surface area contributed by atoms with E-state index >= 15 is 0 Å². The van der Waals surface area contributed by atoms with Gasteiger partial charge >= 0.3 is 0 Å². The van der Waals surface area contributed by atoms with Crippen LogP contribution in [-0.4, -0.2) is 37.2 Å². The van der Waals surface area contributed by atoms with Crippen molar-refractivity contribution in [3.05, 3.63) is 51.5 Å². The maximum absolute atomic E-state index is 5.73. The Hall–Kier alpha value is -1.19. The predicted octanol–water partition coefficient (Wildman–Crippen LogP) is 4.47. The quantitative estimate of drug-likeness (QED) is 0.200. The van der Waals surface area contributed by atoms with Crippen LogP contribution in [0.25, 0.3) is 0 Å². The highest BCUT2D eigenvalue weighted by Crippen LogP contribution is 2.16. The van der Waals surface area contributed by atoms with Gasteiger partial charge in [-0.3, -0.25) is 0 Å². The molecule has 7 heteroatoms. The minimum absolute atomic E-state index is 0. The fraction of sp³-hybridized carbons (Fsp3) is 0.524. The maximum atomic E-state index is 5.73. The number of halogens is 1. The molecule has 2 rings (SSSR count). The third-order valence-corrected chi connectivity index (χ3v) is 5.23. The first-order valence-electron chi connectivity index (χ1n) is 9.75. The van der Waals surface area contributed by atoms with Crippen LogP contribution in [0.5, 0.6) is 0 Å². The van der Waals surface area contributed by atoms with Gasteiger partial charge < -0.3 is 15.4 Å². The average molecular weight is 516 g/mol. The largest absolute Gasteiger partial charge is 0.381 e. The Balaban J connectivity index is 0.00000392. The van der Waals surface area contributed by atoms with Crippen LogP contribution in [0.4, 0.5) is 0 Å². The van der Waals surface area contributed by atoms with Crippen molar-refractivity contribution in [1.29, 1.82) is 0 Å². The van der Waals surface area contributed by atoms with Crippen molar-refractivity contribution in [2.24, 2.45) is 4.99 Å². The van der Waals surface area contributed by atoms with Crippen molar-refractivity contribution in [2.45, 2.75) is 46.6 Å². The van der Waals surface area contributed by atoms with Crippen molar-refractivity contribution < 1.29 is 4.74 Å². The summed E-state index contributed by atoms with van der Waals surface area (Å²) in [5, 5.41) is 7.74. The Morgan fingerprint density at radius 1 is 1.11 bits per heavy atom. The number of aryl methyl sites for hydroxylation is 2. The molecule has 0 fully saturated rings. The van der Waals surface area contributed by atoms with Gasteiger partial charge in [-0.25, -0.2) is 9.98 Å². The molecule has 0 saturated carbocycles. The zero-order chi connectivity index (χ0) is 19.3. The van der Waals surface area contributed by atoms with Crippen molar-refractivity contribution in [1.82, 2.24) is 15.6 Å². The van der Waals surface area contributed by atoms with Crippen LogP contribution in [0.2, 0.25) is 0 Å². The lowest BCUT2D eigenvalue weighted by Crippen LogP contribution is -2.37. The SMILES string of the molecule is CCNC(=NCc1nc(C)c(C)s1)NCCCCOCCc1ccccc1.I. The molecule has 0 spiro atoms. The lowest BCUT2D eigenvalue weighted by atomic mass is 10.2. The molecule has 28 heavy (non-hydrogen) atoms. The lowest BCUT2D eigenvalue weighted by Gasteiger charge is -2.11. The summed E-state index contributed by atoms with van der Waals surface area (Å²) in [6, 6.07) is 10.5. The molecule has 0 amide bonds. The predicted molar refractivity (Wildman–Crippen MR) is 130 cm³/mol. The summed E-state index contributed by atoms with van der Waals surface area (Å²) in [7, 11) is 0. The number of aliphatic imine (C=N–C) groups is 1. The standard InChI is InChI=1S/C21H32N4OS.HI/c1-4-22-21(24-16-20-25-17(2)18(3)27-20)23-13-8-9-14-26-15-12-19-10-6-5-7-11-19;/h5-7,10-11H,4,8-9,12-16H2,1-3H3,(H2,22,23,24);1H. The van der Waals surface area contributed by atoms with Gasteiger partial charge in [-0.2, -0.15) is 0 Å². The Bertz CT molecular complexity index is 671. The molecule has 156 valence electrons. The van der Waals surface area contributed by atoms with Gasteiger partial charge in [0.1, 0.15) is 5.01 Å². The zero-order valence-electron chi connectivity index (χ0n) is 17.2. The molecule has 0 radical (unpaired) electrons. The number of nitrogens with zero attached hydrogens (tertiary/aromatic N) is 2. The first kappa shape index (κ1) is 24.8. The van der Waals surface area contributed by atoms with E-state index in [1.54, 1.807) is 11.3 Å². The maximum Gasteiger partial charge on any atom is 0.191 e. The van der Waals surface area contributed by atoms with Crippen LogP contribution in [0.15, 0.2) is 35.3 Å². The van der Waals surface area contributed by atoms with Gasteiger partial charge in [0.2, 0.25) is 0 Å². The number of aromatic nitrogens is 1. The van der Waals surface area contributed by atoms with E-state index in [2.05, 4.69) is 58.7 Å². The zero-order valence-corrected chi connectivity index (χ0v) is 20.3. The van der Waals surface area contributed by atoms with Gasteiger partial charge in [-0.05, 0) is 45.6 Å². The van der Waals surface area contributed by atoms with Crippen LogP contribution >= 0.6 is 35.3 Å². The van der Waals surface area contributed by atoms with Gasteiger partial charge in [0.25, 0.3) is 0 Å². The first-order valence-corrected chi connectivity index (χ1v) is 10.6. The lowest BCUT2D eigenvalue weighted by molar-refractivity contribution is 0.133. The van der Waals surface area contributed by atoms with Crippen molar-refractivity contribution in [3.8, 4) is 0 Å². The molecule has 0 unspecified atom stereocenters. The fourth-order valence-corrected chi connectivity index (χ4v) is 3.43. The Morgan fingerprint density at radius 3 is 2.57 bits per heavy atom. The highest BCUT2D eigenvalue weighted by Gasteiger charge is 2.03. The van der Waals surface area contributed by atoms with Gasteiger partial charge in [0.05, 0.1) is 18.8 Å². The number of hydrogen-bond donors (Lipinski definition) is 2. The molecule has 0 saturated heterocycles. The summed E-state index contributed by atoms with van der Waals surface area (Å²) < 4.78 is 5.73. The minimum Gasteiger partial charge on any atom is -0.381 e. The summed E-state index contributed by atoms with van der Waals surface area (Å²) >= 11 is 1.72. The van der Waals surface area contributed by atoms with Crippen LogP contribution < -0.4 is 10.6 Å². The van der Waals surface area contributed by atoms with E-state index in [1.807, 2.05) is 13.0 Å². The molecule has 1 heterocycles. The Kier molecular flexibility index (Phi) is 13.1. The Labute approximate surface area is 190 Å². The van der Waals surface area contributed by atoms with Gasteiger partial charge in [0, 0.05) is 24.6 Å². The molecule has 0 aliphatic rings. The molecular weight excluding hydrogens is 483 g/mol. The van der Waals surface area contributed by atoms with E-state index in [0.717, 1.165) is 62.2 Å². The van der Waals surface area contributed by atoms with E-state index in [9.17, 15) is 0 Å². The van der Waals surface area contributed by atoms with Gasteiger partial charge in [-0.1, -0.05) is 30.3 Å². The van der Waals surface area contributed by atoms with E-state index in [-0.39, 0.29) is 24.0 Å². The topological polar surface area (TPSA) is 58.5 Å². The summed E-state index contributed by atoms with van der Waals surface area (Å²) in [5.74, 6) is 0.855. The van der Waals surface area contributed by atoms with Crippen LogP contribution in [-0.2, 0) is 17.7 Å². The highest BCUT2D eigenvalue weighted by molar-refractivity contribution is 14.0. The monoisotopic (exact) mass is 516 g/mol. The normalized spacial score (nSPS) is 11.2. The van der Waals surface area contributed by atoms with E-state index in [1.165, 1.54) is 10.4 Å². The number of unbranched alkanes of at least 4 members (excludes halogenated alkanes) is 1. The number of benzene rings is 1. The number of guanidine groups is 1. The number of rotatable bonds is 11. The summed E-state index contributed by atoms with van der Waals surface area (Å²) in [6.07, 6.45) is 3.09. The van der Waals surface area contributed by atoms with Crippen molar-refractivity contribution >= 4 is 41.3 Å². The molecular formula is C21H33IN4OS. The molecule has 1 aromatic carbocycles. The molecule has 2 aromatic rings. The number of hydrogen-bond acceptors (Lipinski definition) is 4. The van der Waals surface area contributed by atoms with E-state index < -0.39 is 0 Å². The second kappa shape index (κ2) is 14.8.